The molecule has 0 heterocycles. The summed E-state index contributed by atoms with van der Waals surface area (Å²) in [5.41, 5.74) is 2.24. The zero-order chi connectivity index (χ0) is 12.9. The number of benzene rings is 2. The Kier molecular flexibility index (Phi) is 2.43. The summed E-state index contributed by atoms with van der Waals surface area (Å²) in [5, 5.41) is 18.9. The molecule has 2 nitrogen and oxygen atoms in total. The van der Waals surface area contributed by atoms with E-state index in [2.05, 4.69) is 0 Å². The van der Waals surface area contributed by atoms with Gasteiger partial charge in [-0.1, -0.05) is 12.1 Å². The lowest BCUT2D eigenvalue weighted by atomic mass is 9.96. The van der Waals surface area contributed by atoms with Crippen LogP contribution in [0.15, 0.2) is 36.4 Å². The van der Waals surface area contributed by atoms with E-state index in [9.17, 15) is 19.0 Å². The Morgan fingerprint density at radius 1 is 0.833 bits per heavy atom. The normalized spacial score (nSPS) is 13.8. The molecule has 2 aromatic carbocycles. The van der Waals surface area contributed by atoms with Crippen molar-refractivity contribution in [2.45, 2.75) is 12.2 Å². The number of aliphatic hydroxyl groups excluding tert-OH is 1. The molecule has 0 aliphatic heterocycles. The van der Waals surface area contributed by atoms with E-state index in [1.54, 1.807) is 0 Å². The molecule has 3 rings (SSSR count). The van der Waals surface area contributed by atoms with Gasteiger partial charge >= 0.3 is 0 Å². The van der Waals surface area contributed by atoms with Gasteiger partial charge in [0.2, 0.25) is 0 Å². The first-order valence-electron chi connectivity index (χ1n) is 5.53. The van der Waals surface area contributed by atoms with E-state index in [0.717, 1.165) is 0 Å². The van der Waals surface area contributed by atoms with Crippen molar-refractivity contribution in [2.75, 3.05) is 0 Å². The number of rotatable bonds is 1. The van der Waals surface area contributed by atoms with Crippen molar-refractivity contribution in [3.05, 3.63) is 59.2 Å². The highest BCUT2D eigenvalue weighted by molar-refractivity contribution is 5.79. The van der Waals surface area contributed by atoms with Crippen LogP contribution in [-0.2, 0) is 0 Å². The SMILES string of the molecule is OC(O)C1c2ccc(F)cc2-c2cc(F)ccc21. The third kappa shape index (κ3) is 1.54. The molecule has 2 aromatic rings. The van der Waals surface area contributed by atoms with Crippen molar-refractivity contribution in [2.24, 2.45) is 0 Å². The molecule has 0 bridgehead atoms. The minimum atomic E-state index is -1.60. The van der Waals surface area contributed by atoms with Gasteiger partial charge in [-0.25, -0.2) is 8.78 Å². The number of halogens is 2. The average molecular weight is 248 g/mol. The number of hydrogen-bond acceptors (Lipinski definition) is 2. The fourth-order valence-corrected chi connectivity index (χ4v) is 2.55. The van der Waals surface area contributed by atoms with E-state index in [-0.39, 0.29) is 0 Å². The van der Waals surface area contributed by atoms with Crippen molar-refractivity contribution >= 4 is 0 Å². The molecule has 2 N–H and O–H groups in total. The van der Waals surface area contributed by atoms with Crippen LogP contribution >= 0.6 is 0 Å². The summed E-state index contributed by atoms with van der Waals surface area (Å²) in [6, 6.07) is 8.11. The van der Waals surface area contributed by atoms with Crippen molar-refractivity contribution in [1.29, 1.82) is 0 Å². The van der Waals surface area contributed by atoms with E-state index < -0.39 is 23.8 Å². The summed E-state index contributed by atoms with van der Waals surface area (Å²) in [6.45, 7) is 0. The van der Waals surface area contributed by atoms with Crippen molar-refractivity contribution in [1.82, 2.24) is 0 Å². The summed E-state index contributed by atoms with van der Waals surface area (Å²) >= 11 is 0. The molecule has 18 heavy (non-hydrogen) atoms. The smallest absolute Gasteiger partial charge is 0.162 e. The van der Waals surface area contributed by atoms with Gasteiger partial charge in [0.1, 0.15) is 11.6 Å². The Morgan fingerprint density at radius 3 is 1.67 bits per heavy atom. The molecule has 1 aliphatic rings. The predicted octanol–water partition coefficient (Wildman–Crippen LogP) is 2.39. The summed E-state index contributed by atoms with van der Waals surface area (Å²) in [5.74, 6) is -1.52. The Hall–Kier alpha value is -1.78. The third-order valence-electron chi connectivity index (χ3n) is 3.29. The first-order valence-corrected chi connectivity index (χ1v) is 5.53. The molecular formula is C14H10F2O2. The van der Waals surface area contributed by atoms with Crippen LogP contribution in [0.3, 0.4) is 0 Å². The topological polar surface area (TPSA) is 40.5 Å². The molecule has 0 radical (unpaired) electrons. The third-order valence-corrected chi connectivity index (χ3v) is 3.29. The van der Waals surface area contributed by atoms with Crippen molar-refractivity contribution in [3.8, 4) is 11.1 Å². The van der Waals surface area contributed by atoms with Gasteiger partial charge in [0.15, 0.2) is 6.29 Å². The maximum atomic E-state index is 13.3. The van der Waals surface area contributed by atoms with Crippen LogP contribution in [0.4, 0.5) is 8.78 Å². The number of fused-ring (bicyclic) bond motifs is 3. The van der Waals surface area contributed by atoms with E-state index in [0.29, 0.717) is 22.3 Å². The van der Waals surface area contributed by atoms with Crippen LogP contribution in [0.25, 0.3) is 11.1 Å². The second kappa shape index (κ2) is 3.86. The maximum Gasteiger partial charge on any atom is 0.162 e. The Labute approximate surface area is 102 Å². The lowest BCUT2D eigenvalue weighted by Gasteiger charge is -2.15. The molecular weight excluding hydrogens is 238 g/mol. The highest BCUT2D eigenvalue weighted by atomic mass is 19.1. The van der Waals surface area contributed by atoms with Gasteiger partial charge in [0, 0.05) is 0 Å². The molecule has 1 aliphatic carbocycles. The standard InChI is InChI=1S/C14H10F2O2/c15-7-1-3-9-11(5-7)12-6-8(16)2-4-10(12)13(9)14(17)18/h1-6,13-14,17-18H. The quantitative estimate of drug-likeness (QED) is 0.761. The average Bonchev–Trinajstić information content (AvgIpc) is 2.62. The zero-order valence-electron chi connectivity index (χ0n) is 9.27. The zero-order valence-corrected chi connectivity index (χ0v) is 9.27. The van der Waals surface area contributed by atoms with Crippen LogP contribution in [0.1, 0.15) is 17.0 Å². The van der Waals surface area contributed by atoms with Gasteiger partial charge in [-0.2, -0.15) is 0 Å². The van der Waals surface area contributed by atoms with Gasteiger partial charge in [-0.3, -0.25) is 0 Å². The highest BCUT2D eigenvalue weighted by Crippen LogP contribution is 2.46. The number of aliphatic hydroxyl groups is 2. The molecule has 0 aromatic heterocycles. The fraction of sp³-hybridized carbons (Fsp3) is 0.143. The molecule has 0 saturated heterocycles. The van der Waals surface area contributed by atoms with E-state index in [1.165, 1.54) is 36.4 Å². The molecule has 0 atom stereocenters. The van der Waals surface area contributed by atoms with Crippen molar-refractivity contribution < 1.29 is 19.0 Å². The van der Waals surface area contributed by atoms with Gasteiger partial charge in [-0.15, -0.1) is 0 Å². The predicted molar refractivity (Wildman–Crippen MR) is 61.9 cm³/mol. The van der Waals surface area contributed by atoms with Gasteiger partial charge in [0.25, 0.3) is 0 Å². The minimum Gasteiger partial charge on any atom is -0.367 e. The molecule has 0 unspecified atom stereocenters. The van der Waals surface area contributed by atoms with Crippen LogP contribution in [0.5, 0.6) is 0 Å². The molecule has 4 heteroatoms. The van der Waals surface area contributed by atoms with E-state index in [4.69, 9.17) is 0 Å². The molecule has 0 saturated carbocycles. The Morgan fingerprint density at radius 2 is 1.28 bits per heavy atom. The van der Waals surface area contributed by atoms with Crippen LogP contribution in [-0.4, -0.2) is 16.5 Å². The monoisotopic (exact) mass is 248 g/mol. The van der Waals surface area contributed by atoms with E-state index >= 15 is 0 Å². The second-order valence-electron chi connectivity index (χ2n) is 4.35. The van der Waals surface area contributed by atoms with Crippen LogP contribution < -0.4 is 0 Å². The Balaban J connectivity index is 2.31. The molecule has 0 amide bonds. The summed E-state index contributed by atoms with van der Waals surface area (Å²) in [6.07, 6.45) is -1.60. The molecule has 0 spiro atoms. The summed E-state index contributed by atoms with van der Waals surface area (Å²) < 4.78 is 26.5. The lowest BCUT2D eigenvalue weighted by molar-refractivity contribution is -0.0503. The molecule has 0 fully saturated rings. The Bertz CT molecular complexity index is 572. The van der Waals surface area contributed by atoms with Crippen LogP contribution in [0.2, 0.25) is 0 Å². The summed E-state index contributed by atoms with van der Waals surface area (Å²) in [7, 11) is 0. The van der Waals surface area contributed by atoms with Crippen LogP contribution in [0, 0.1) is 11.6 Å². The van der Waals surface area contributed by atoms with Gasteiger partial charge < -0.3 is 10.2 Å². The lowest BCUT2D eigenvalue weighted by Crippen LogP contribution is -2.16. The minimum absolute atomic E-state index is 0.433. The first-order chi connectivity index (χ1) is 8.58. The summed E-state index contributed by atoms with van der Waals surface area (Å²) in [4.78, 5) is 0. The highest BCUT2D eigenvalue weighted by Gasteiger charge is 2.33. The molecule has 92 valence electrons. The van der Waals surface area contributed by atoms with E-state index in [1.807, 2.05) is 0 Å². The maximum absolute atomic E-state index is 13.3. The van der Waals surface area contributed by atoms with Crippen molar-refractivity contribution in [3.63, 3.8) is 0 Å². The first kappa shape index (κ1) is 11.3. The largest absolute Gasteiger partial charge is 0.367 e. The fourth-order valence-electron chi connectivity index (χ4n) is 2.55. The van der Waals surface area contributed by atoms with Gasteiger partial charge in [-0.05, 0) is 46.5 Å². The second-order valence-corrected chi connectivity index (χ2v) is 4.35. The van der Waals surface area contributed by atoms with Gasteiger partial charge in [0.05, 0.1) is 5.92 Å². The number of hydrogen-bond donors (Lipinski definition) is 2.